The molecule has 11 heavy (non-hydrogen) atoms. The van der Waals surface area contributed by atoms with Crippen LogP contribution >= 0.6 is 0 Å². The van der Waals surface area contributed by atoms with Crippen molar-refractivity contribution in [2.45, 2.75) is 16.9 Å². The summed E-state index contributed by atoms with van der Waals surface area (Å²) < 4.78 is 80.6. The molecule has 1 aliphatic rings. The van der Waals surface area contributed by atoms with Crippen LogP contribution in [0.5, 0.6) is 0 Å². The summed E-state index contributed by atoms with van der Waals surface area (Å²) in [5.74, 6) is -5.38. The van der Waals surface area contributed by atoms with E-state index in [9.17, 15) is 30.7 Å². The van der Waals surface area contributed by atoms with Crippen molar-refractivity contribution in [3.63, 3.8) is 0 Å². The highest BCUT2D eigenvalue weighted by atomic mass is 28.3. The first-order chi connectivity index (χ1) is 4.62. The fourth-order valence-corrected chi connectivity index (χ4v) is 2.51. The Balaban J connectivity index is 2.84. The summed E-state index contributed by atoms with van der Waals surface area (Å²) in [5.41, 5.74) is -9.55. The van der Waals surface area contributed by atoms with Crippen molar-refractivity contribution < 1.29 is 30.7 Å². The van der Waals surface area contributed by atoms with Crippen molar-refractivity contribution >= 4 is 8.80 Å². The predicted molar refractivity (Wildman–Crippen MR) is 23.1 cm³/mol. The number of rotatable bonds is 0. The Kier molecular flexibility index (Phi) is 1.38. The highest BCUT2D eigenvalue weighted by Gasteiger charge is 2.95. The third-order valence-electron chi connectivity index (χ3n) is 1.41. The Morgan fingerprint density at radius 2 is 1.09 bits per heavy atom. The first-order valence-electron chi connectivity index (χ1n) is 2.44. The van der Waals surface area contributed by atoms with E-state index in [2.05, 4.69) is 0 Å². The van der Waals surface area contributed by atoms with Crippen LogP contribution in [0.4, 0.5) is 30.7 Å². The maximum Gasteiger partial charge on any atom is 0.372 e. The minimum Gasteiger partial charge on any atom is -0.205 e. The Hall–Kier alpha value is -0.273. The SMILES string of the molecule is FC(F)(F)[SiH]1C(F)(F)C1(F)F. The largest absolute Gasteiger partial charge is 0.372 e. The maximum absolute atomic E-state index is 11.7. The third kappa shape index (κ3) is 0.950. The van der Waals surface area contributed by atoms with E-state index in [1.807, 2.05) is 0 Å². The molecule has 0 saturated carbocycles. The molecular formula is C3HF7Si. The van der Waals surface area contributed by atoms with Gasteiger partial charge in [-0.3, -0.25) is 0 Å². The normalized spacial score (nSPS) is 28.6. The second-order valence-corrected chi connectivity index (χ2v) is 5.19. The van der Waals surface area contributed by atoms with Crippen LogP contribution in [0.15, 0.2) is 0 Å². The van der Waals surface area contributed by atoms with E-state index < -0.39 is 25.7 Å². The Labute approximate surface area is 57.6 Å². The molecule has 8 heteroatoms. The van der Waals surface area contributed by atoms with Gasteiger partial charge in [0.25, 0.3) is 0 Å². The lowest BCUT2D eigenvalue weighted by Crippen LogP contribution is -2.28. The molecule has 0 N–H and O–H groups in total. The fraction of sp³-hybridized carbons (Fsp3) is 1.00. The second kappa shape index (κ2) is 1.72. The van der Waals surface area contributed by atoms with Crippen molar-refractivity contribution in [1.82, 2.24) is 0 Å². The van der Waals surface area contributed by atoms with E-state index in [4.69, 9.17) is 0 Å². The second-order valence-electron chi connectivity index (χ2n) is 2.22. The van der Waals surface area contributed by atoms with Gasteiger partial charge in [-0.05, 0) is 0 Å². The number of hydrogen-bond donors (Lipinski definition) is 0. The first kappa shape index (κ1) is 8.82. The molecule has 0 amide bonds. The summed E-state index contributed by atoms with van der Waals surface area (Å²) in [6, 6.07) is 0. The quantitative estimate of drug-likeness (QED) is 0.410. The minimum absolute atomic E-state index is 4.77. The van der Waals surface area contributed by atoms with Gasteiger partial charge in [0.05, 0.1) is 0 Å². The zero-order valence-corrected chi connectivity index (χ0v) is 5.88. The van der Waals surface area contributed by atoms with Crippen LogP contribution in [0.1, 0.15) is 0 Å². The van der Waals surface area contributed by atoms with E-state index in [1.54, 1.807) is 0 Å². The average Bonchev–Trinajstić information content (AvgIpc) is 1.93. The van der Waals surface area contributed by atoms with Crippen LogP contribution < -0.4 is 0 Å². The molecule has 0 bridgehead atoms. The summed E-state index contributed by atoms with van der Waals surface area (Å²) in [6.07, 6.45) is 0. The van der Waals surface area contributed by atoms with Gasteiger partial charge in [0.2, 0.25) is 0 Å². The zero-order chi connectivity index (χ0) is 9.08. The standard InChI is InChI=1S/C3HF7Si/c4-1(5)2(6,7)11(1)3(8,9)10/h11H. The maximum atomic E-state index is 11.7. The number of hydrogen-bond acceptors (Lipinski definition) is 0. The summed E-state index contributed by atoms with van der Waals surface area (Å²) in [4.78, 5) is 0. The van der Waals surface area contributed by atoms with E-state index in [0.717, 1.165) is 0 Å². The summed E-state index contributed by atoms with van der Waals surface area (Å²) in [6.45, 7) is 0. The van der Waals surface area contributed by atoms with Gasteiger partial charge in [-0.25, -0.2) is 17.6 Å². The zero-order valence-electron chi connectivity index (χ0n) is 4.72. The van der Waals surface area contributed by atoms with E-state index >= 15 is 0 Å². The van der Waals surface area contributed by atoms with Crippen molar-refractivity contribution in [3.8, 4) is 0 Å². The summed E-state index contributed by atoms with van der Waals surface area (Å²) in [7, 11) is -5.19. The topological polar surface area (TPSA) is 0 Å². The average molecular weight is 198 g/mol. The van der Waals surface area contributed by atoms with E-state index in [0.29, 0.717) is 0 Å². The molecule has 1 fully saturated rings. The van der Waals surface area contributed by atoms with Crippen LogP contribution in [-0.2, 0) is 0 Å². The Morgan fingerprint density at radius 3 is 1.09 bits per heavy atom. The first-order valence-corrected chi connectivity index (χ1v) is 4.17. The number of alkyl halides is 7. The smallest absolute Gasteiger partial charge is 0.205 e. The fourth-order valence-electron chi connectivity index (χ4n) is 0.753. The van der Waals surface area contributed by atoms with Gasteiger partial charge in [-0.1, -0.05) is 0 Å². The lowest BCUT2D eigenvalue weighted by Gasteiger charge is -1.99. The Bertz CT molecular complexity index is 167. The molecule has 1 aliphatic heterocycles. The van der Waals surface area contributed by atoms with Gasteiger partial charge >= 0.3 is 25.7 Å². The van der Waals surface area contributed by atoms with Gasteiger partial charge in [0.15, 0.2) is 0 Å². The Morgan fingerprint density at radius 1 is 0.818 bits per heavy atom. The molecule has 0 spiro atoms. The number of halogens is 7. The molecule has 0 nitrogen and oxygen atoms in total. The van der Waals surface area contributed by atoms with E-state index in [1.165, 1.54) is 0 Å². The minimum atomic E-state index is -5.38. The van der Waals surface area contributed by atoms with Crippen LogP contribution in [0.2, 0.25) is 0 Å². The molecule has 1 saturated heterocycles. The predicted octanol–water partition coefficient (Wildman–Crippen LogP) is 1.68. The van der Waals surface area contributed by atoms with Gasteiger partial charge < -0.3 is 0 Å². The molecule has 0 atom stereocenters. The van der Waals surface area contributed by atoms with Crippen LogP contribution in [0, 0.1) is 0 Å². The monoisotopic (exact) mass is 198 g/mol. The molecule has 0 aromatic rings. The van der Waals surface area contributed by atoms with Gasteiger partial charge in [0, 0.05) is 0 Å². The van der Waals surface area contributed by atoms with Gasteiger partial charge in [0.1, 0.15) is 0 Å². The molecule has 0 radical (unpaired) electrons. The van der Waals surface area contributed by atoms with Crippen molar-refractivity contribution in [1.29, 1.82) is 0 Å². The molecule has 1 rings (SSSR count). The third-order valence-corrected chi connectivity index (χ3v) is 3.95. The van der Waals surface area contributed by atoms with Crippen LogP contribution in [0.25, 0.3) is 0 Å². The van der Waals surface area contributed by atoms with Crippen LogP contribution in [0.3, 0.4) is 0 Å². The molecule has 0 unspecified atom stereocenters. The highest BCUT2D eigenvalue weighted by molar-refractivity contribution is 6.78. The van der Waals surface area contributed by atoms with Crippen LogP contribution in [-0.4, -0.2) is 25.7 Å². The molecule has 0 aromatic heterocycles. The van der Waals surface area contributed by atoms with Crippen molar-refractivity contribution in [2.75, 3.05) is 0 Å². The molecule has 0 aliphatic carbocycles. The molecule has 0 aromatic carbocycles. The van der Waals surface area contributed by atoms with Crippen molar-refractivity contribution in [2.24, 2.45) is 0 Å². The van der Waals surface area contributed by atoms with Gasteiger partial charge in [-0.2, -0.15) is 13.2 Å². The summed E-state index contributed by atoms with van der Waals surface area (Å²) >= 11 is 0. The highest BCUT2D eigenvalue weighted by Crippen LogP contribution is 2.60. The molecule has 1 heterocycles. The summed E-state index contributed by atoms with van der Waals surface area (Å²) in [5, 5.41) is 0. The van der Waals surface area contributed by atoms with E-state index in [-0.39, 0.29) is 0 Å². The lowest BCUT2D eigenvalue weighted by molar-refractivity contribution is -0.0532. The van der Waals surface area contributed by atoms with Gasteiger partial charge in [-0.15, -0.1) is 0 Å². The molecule has 66 valence electrons. The van der Waals surface area contributed by atoms with Crippen molar-refractivity contribution in [3.05, 3.63) is 0 Å². The lowest BCUT2D eigenvalue weighted by atomic mass is 10.8. The molecular weight excluding hydrogens is 197 g/mol.